The number of primary amides is 1. The Bertz CT molecular complexity index is 558. The predicted molar refractivity (Wildman–Crippen MR) is 71.2 cm³/mol. The van der Waals surface area contributed by atoms with Crippen LogP contribution in [0, 0.1) is 0 Å². The summed E-state index contributed by atoms with van der Waals surface area (Å²) in [6, 6.07) is 8.76. The number of pyridine rings is 1. The van der Waals surface area contributed by atoms with Crippen molar-refractivity contribution >= 4 is 21.8 Å². The Hall–Kier alpha value is -1.88. The molecule has 0 saturated carbocycles. The van der Waals surface area contributed by atoms with E-state index in [1.807, 2.05) is 12.1 Å². The molecule has 18 heavy (non-hydrogen) atoms. The highest BCUT2D eigenvalue weighted by Gasteiger charge is 2.06. The van der Waals surface area contributed by atoms with Crippen LogP contribution in [0.15, 0.2) is 47.2 Å². The van der Waals surface area contributed by atoms with Gasteiger partial charge >= 0.3 is 0 Å². The average Bonchev–Trinajstić information content (AvgIpc) is 2.38. The molecule has 2 rings (SSSR count). The van der Waals surface area contributed by atoms with Gasteiger partial charge in [-0.15, -0.1) is 0 Å². The highest BCUT2D eigenvalue weighted by atomic mass is 79.9. The highest BCUT2D eigenvalue weighted by molar-refractivity contribution is 9.10. The molecule has 0 fully saturated rings. The quantitative estimate of drug-likeness (QED) is 0.944. The first-order chi connectivity index (χ1) is 8.66. The van der Waals surface area contributed by atoms with E-state index in [1.54, 1.807) is 30.6 Å². The SMILES string of the molecule is NC(=O)c1ccc(OCc2cccnc2)c(Br)c1. The molecule has 1 aromatic heterocycles. The molecule has 0 bridgehead atoms. The van der Waals surface area contributed by atoms with Crippen molar-refractivity contribution in [2.24, 2.45) is 5.73 Å². The van der Waals surface area contributed by atoms with E-state index in [4.69, 9.17) is 10.5 Å². The molecule has 0 atom stereocenters. The molecular formula is C13H11BrN2O2. The Morgan fingerprint density at radius 2 is 2.22 bits per heavy atom. The van der Waals surface area contributed by atoms with Crippen LogP contribution in [0.1, 0.15) is 15.9 Å². The third-order valence-electron chi connectivity index (χ3n) is 2.33. The minimum absolute atomic E-state index is 0.419. The van der Waals surface area contributed by atoms with Crippen LogP contribution in [0.25, 0.3) is 0 Å². The number of rotatable bonds is 4. The number of benzene rings is 1. The summed E-state index contributed by atoms with van der Waals surface area (Å²) in [6.45, 7) is 0.419. The number of ether oxygens (including phenoxy) is 1. The molecule has 1 aromatic carbocycles. The summed E-state index contributed by atoms with van der Waals surface area (Å²) >= 11 is 3.34. The molecule has 0 saturated heterocycles. The average molecular weight is 307 g/mol. The maximum atomic E-state index is 11.0. The molecule has 0 radical (unpaired) electrons. The van der Waals surface area contributed by atoms with E-state index < -0.39 is 5.91 Å². The molecule has 1 amide bonds. The molecule has 92 valence electrons. The van der Waals surface area contributed by atoms with Gasteiger partial charge in [-0.05, 0) is 40.2 Å². The number of hydrogen-bond donors (Lipinski definition) is 1. The van der Waals surface area contributed by atoms with E-state index in [1.165, 1.54) is 0 Å². The van der Waals surface area contributed by atoms with Crippen molar-refractivity contribution in [1.29, 1.82) is 0 Å². The molecule has 5 heteroatoms. The molecular weight excluding hydrogens is 296 g/mol. The zero-order valence-corrected chi connectivity index (χ0v) is 11.1. The zero-order valence-electron chi connectivity index (χ0n) is 9.47. The van der Waals surface area contributed by atoms with Gasteiger partial charge in [0, 0.05) is 23.5 Å². The van der Waals surface area contributed by atoms with Crippen LogP contribution in [0.2, 0.25) is 0 Å². The second-order valence-corrected chi connectivity index (χ2v) is 4.51. The number of hydrogen-bond acceptors (Lipinski definition) is 3. The molecule has 2 N–H and O–H groups in total. The van der Waals surface area contributed by atoms with Crippen molar-refractivity contribution in [3.63, 3.8) is 0 Å². The van der Waals surface area contributed by atoms with Gasteiger partial charge in [0.15, 0.2) is 0 Å². The maximum Gasteiger partial charge on any atom is 0.248 e. The number of halogens is 1. The number of nitrogens with two attached hydrogens (primary N) is 1. The lowest BCUT2D eigenvalue weighted by Crippen LogP contribution is -2.10. The molecule has 4 nitrogen and oxygen atoms in total. The fourth-order valence-corrected chi connectivity index (χ4v) is 1.91. The summed E-state index contributed by atoms with van der Waals surface area (Å²) in [5, 5.41) is 0. The van der Waals surface area contributed by atoms with Crippen LogP contribution in [-0.4, -0.2) is 10.9 Å². The first kappa shape index (κ1) is 12.6. The van der Waals surface area contributed by atoms with Crippen LogP contribution >= 0.6 is 15.9 Å². The summed E-state index contributed by atoms with van der Waals surface area (Å²) in [7, 11) is 0. The monoisotopic (exact) mass is 306 g/mol. The molecule has 0 spiro atoms. The lowest BCUT2D eigenvalue weighted by molar-refractivity contribution is 0.1000. The van der Waals surface area contributed by atoms with Gasteiger partial charge in [0.1, 0.15) is 12.4 Å². The molecule has 1 heterocycles. The summed E-state index contributed by atoms with van der Waals surface area (Å²) in [6.07, 6.45) is 3.45. The topological polar surface area (TPSA) is 65.2 Å². The lowest BCUT2D eigenvalue weighted by atomic mass is 10.2. The van der Waals surface area contributed by atoms with Gasteiger partial charge in [-0.2, -0.15) is 0 Å². The minimum Gasteiger partial charge on any atom is -0.488 e. The van der Waals surface area contributed by atoms with Crippen molar-refractivity contribution < 1.29 is 9.53 Å². The summed E-state index contributed by atoms with van der Waals surface area (Å²) < 4.78 is 6.32. The van der Waals surface area contributed by atoms with Crippen LogP contribution in [0.3, 0.4) is 0 Å². The van der Waals surface area contributed by atoms with Gasteiger partial charge < -0.3 is 10.5 Å². The van der Waals surface area contributed by atoms with Crippen molar-refractivity contribution in [1.82, 2.24) is 4.98 Å². The van der Waals surface area contributed by atoms with E-state index in [-0.39, 0.29) is 0 Å². The molecule has 2 aromatic rings. The van der Waals surface area contributed by atoms with Crippen LogP contribution in [-0.2, 0) is 6.61 Å². The number of nitrogens with zero attached hydrogens (tertiary/aromatic N) is 1. The third kappa shape index (κ3) is 3.07. The van der Waals surface area contributed by atoms with Crippen molar-refractivity contribution in [3.05, 3.63) is 58.3 Å². The first-order valence-corrected chi connectivity index (χ1v) is 6.07. The highest BCUT2D eigenvalue weighted by Crippen LogP contribution is 2.26. The van der Waals surface area contributed by atoms with Gasteiger partial charge in [0.25, 0.3) is 0 Å². The van der Waals surface area contributed by atoms with E-state index >= 15 is 0 Å². The van der Waals surface area contributed by atoms with E-state index in [9.17, 15) is 4.79 Å². The zero-order chi connectivity index (χ0) is 13.0. The van der Waals surface area contributed by atoms with Gasteiger partial charge in [0.2, 0.25) is 5.91 Å². The fraction of sp³-hybridized carbons (Fsp3) is 0.0769. The van der Waals surface area contributed by atoms with Crippen molar-refractivity contribution in [3.8, 4) is 5.75 Å². The Kier molecular flexibility index (Phi) is 3.94. The second kappa shape index (κ2) is 5.64. The smallest absolute Gasteiger partial charge is 0.248 e. The standard InChI is InChI=1S/C13H11BrN2O2/c14-11-6-10(13(15)17)3-4-12(11)18-8-9-2-1-5-16-7-9/h1-7H,8H2,(H2,15,17). The molecule has 0 aliphatic heterocycles. The van der Waals surface area contributed by atoms with Gasteiger partial charge in [-0.25, -0.2) is 0 Å². The Labute approximate surface area is 113 Å². The Morgan fingerprint density at radius 3 is 2.83 bits per heavy atom. The molecule has 0 aliphatic rings. The van der Waals surface area contributed by atoms with Crippen molar-refractivity contribution in [2.75, 3.05) is 0 Å². The summed E-state index contributed by atoms with van der Waals surface area (Å²) in [5.74, 6) is 0.193. The lowest BCUT2D eigenvalue weighted by Gasteiger charge is -2.08. The van der Waals surface area contributed by atoms with E-state index in [0.717, 1.165) is 5.56 Å². The van der Waals surface area contributed by atoms with Gasteiger partial charge in [-0.3, -0.25) is 9.78 Å². The van der Waals surface area contributed by atoms with Crippen LogP contribution in [0.4, 0.5) is 0 Å². The largest absolute Gasteiger partial charge is 0.488 e. The summed E-state index contributed by atoms with van der Waals surface area (Å²) in [4.78, 5) is 15.0. The van der Waals surface area contributed by atoms with Gasteiger partial charge in [0.05, 0.1) is 4.47 Å². The van der Waals surface area contributed by atoms with E-state index in [2.05, 4.69) is 20.9 Å². The van der Waals surface area contributed by atoms with Crippen molar-refractivity contribution in [2.45, 2.75) is 6.61 Å². The Balaban J connectivity index is 2.08. The maximum absolute atomic E-state index is 11.0. The number of amides is 1. The fourth-order valence-electron chi connectivity index (χ4n) is 1.42. The molecule has 0 aliphatic carbocycles. The Morgan fingerprint density at radius 1 is 1.39 bits per heavy atom. The molecule has 0 unspecified atom stereocenters. The van der Waals surface area contributed by atoms with Crippen LogP contribution in [0.5, 0.6) is 5.75 Å². The number of carbonyl (C=O) groups is 1. The first-order valence-electron chi connectivity index (χ1n) is 5.28. The predicted octanol–water partition coefficient (Wildman–Crippen LogP) is 2.52. The third-order valence-corrected chi connectivity index (χ3v) is 2.95. The van der Waals surface area contributed by atoms with E-state index in [0.29, 0.717) is 22.4 Å². The van der Waals surface area contributed by atoms with Gasteiger partial charge in [-0.1, -0.05) is 6.07 Å². The second-order valence-electron chi connectivity index (χ2n) is 3.66. The van der Waals surface area contributed by atoms with Crippen LogP contribution < -0.4 is 10.5 Å². The number of aromatic nitrogens is 1. The normalized spacial score (nSPS) is 10.1. The minimum atomic E-state index is -0.463. The summed E-state index contributed by atoms with van der Waals surface area (Å²) in [5.41, 5.74) is 6.60. The number of carbonyl (C=O) groups excluding carboxylic acids is 1.